The van der Waals surface area contributed by atoms with Crippen LogP contribution >= 0.6 is 0 Å². The highest BCUT2D eigenvalue weighted by molar-refractivity contribution is 5.80. The van der Waals surface area contributed by atoms with Crippen molar-refractivity contribution in [2.45, 2.75) is 0 Å². The summed E-state index contributed by atoms with van der Waals surface area (Å²) in [5.74, 6) is 0.328. The number of aromatic nitrogens is 7. The number of benzene rings is 1. The van der Waals surface area contributed by atoms with Gasteiger partial charge in [-0.15, -0.1) is 15.3 Å². The second-order valence-electron chi connectivity index (χ2n) is 5.90. The van der Waals surface area contributed by atoms with Crippen LogP contribution in [0.15, 0.2) is 73.4 Å². The van der Waals surface area contributed by atoms with Crippen molar-refractivity contribution < 1.29 is 4.39 Å². The molecule has 0 unspecified atom stereocenters. The SMILES string of the molecule is Fc1ccc(-c2nn(-c3ccc4nncn4n3)cc2-c2ccncc2)cc1. The van der Waals surface area contributed by atoms with Crippen LogP contribution in [0.1, 0.15) is 0 Å². The van der Waals surface area contributed by atoms with E-state index in [0.29, 0.717) is 11.5 Å². The highest BCUT2D eigenvalue weighted by Gasteiger charge is 2.15. The van der Waals surface area contributed by atoms with Gasteiger partial charge in [0.15, 0.2) is 11.5 Å². The first-order valence-corrected chi connectivity index (χ1v) is 8.21. The highest BCUT2D eigenvalue weighted by Crippen LogP contribution is 2.31. The molecule has 4 aromatic heterocycles. The summed E-state index contributed by atoms with van der Waals surface area (Å²) in [6.07, 6.45) is 6.88. The zero-order chi connectivity index (χ0) is 18.2. The van der Waals surface area contributed by atoms with Crippen LogP contribution in [0.25, 0.3) is 33.8 Å². The lowest BCUT2D eigenvalue weighted by Gasteiger charge is -2.02. The van der Waals surface area contributed by atoms with Gasteiger partial charge in [-0.2, -0.15) is 9.61 Å². The minimum absolute atomic E-state index is 0.289. The normalized spacial score (nSPS) is 11.1. The molecule has 4 heterocycles. The number of nitrogens with zero attached hydrogens (tertiary/aromatic N) is 7. The second-order valence-corrected chi connectivity index (χ2v) is 5.90. The Morgan fingerprint density at radius 2 is 1.63 bits per heavy atom. The van der Waals surface area contributed by atoms with Crippen molar-refractivity contribution in [1.82, 2.24) is 34.6 Å². The topological polar surface area (TPSA) is 73.8 Å². The highest BCUT2D eigenvalue weighted by atomic mass is 19.1. The van der Waals surface area contributed by atoms with E-state index in [2.05, 4.69) is 20.3 Å². The van der Waals surface area contributed by atoms with Crippen LogP contribution in [-0.2, 0) is 0 Å². The van der Waals surface area contributed by atoms with Gasteiger partial charge in [-0.1, -0.05) is 0 Å². The van der Waals surface area contributed by atoms with Gasteiger partial charge in [-0.05, 0) is 54.1 Å². The molecule has 27 heavy (non-hydrogen) atoms. The molecule has 0 aliphatic carbocycles. The van der Waals surface area contributed by atoms with Crippen molar-refractivity contribution >= 4 is 5.65 Å². The first kappa shape index (κ1) is 15.3. The second kappa shape index (κ2) is 6.10. The largest absolute Gasteiger partial charge is 0.265 e. The molecule has 0 amide bonds. The molecule has 0 aliphatic heterocycles. The number of halogens is 1. The molecule has 0 radical (unpaired) electrons. The lowest BCUT2D eigenvalue weighted by molar-refractivity contribution is 0.628. The molecule has 0 aliphatic rings. The standard InChI is InChI=1S/C19H12FN7/c20-15-3-1-14(2-4-15)19-16(13-7-9-21-10-8-13)11-26(25-19)18-6-5-17-23-22-12-27(17)24-18/h1-12H. The summed E-state index contributed by atoms with van der Waals surface area (Å²) >= 11 is 0. The molecule has 5 aromatic rings. The fraction of sp³-hybridized carbons (Fsp3) is 0. The summed E-state index contributed by atoms with van der Waals surface area (Å²) in [7, 11) is 0. The molecule has 0 saturated heterocycles. The molecule has 0 bridgehead atoms. The number of hydrogen-bond acceptors (Lipinski definition) is 5. The predicted molar refractivity (Wildman–Crippen MR) is 96.5 cm³/mol. The minimum atomic E-state index is -0.289. The molecule has 0 atom stereocenters. The van der Waals surface area contributed by atoms with Crippen LogP contribution in [0.4, 0.5) is 4.39 Å². The third-order valence-corrected chi connectivity index (χ3v) is 4.21. The number of fused-ring (bicyclic) bond motifs is 1. The van der Waals surface area contributed by atoms with E-state index in [4.69, 9.17) is 5.10 Å². The van der Waals surface area contributed by atoms with E-state index in [1.807, 2.05) is 30.5 Å². The van der Waals surface area contributed by atoms with E-state index in [9.17, 15) is 4.39 Å². The first-order valence-electron chi connectivity index (χ1n) is 8.21. The van der Waals surface area contributed by atoms with E-state index in [1.54, 1.807) is 33.7 Å². The molecule has 7 nitrogen and oxygen atoms in total. The van der Waals surface area contributed by atoms with Gasteiger partial charge >= 0.3 is 0 Å². The van der Waals surface area contributed by atoms with Crippen LogP contribution in [0.2, 0.25) is 0 Å². The van der Waals surface area contributed by atoms with Crippen molar-refractivity contribution in [1.29, 1.82) is 0 Å². The van der Waals surface area contributed by atoms with Gasteiger partial charge < -0.3 is 0 Å². The van der Waals surface area contributed by atoms with E-state index < -0.39 is 0 Å². The van der Waals surface area contributed by atoms with Gasteiger partial charge in [0.2, 0.25) is 0 Å². The Morgan fingerprint density at radius 3 is 2.44 bits per heavy atom. The molecular weight excluding hydrogens is 345 g/mol. The van der Waals surface area contributed by atoms with Crippen molar-refractivity contribution in [3.05, 3.63) is 79.3 Å². The Hall–Kier alpha value is -3.94. The summed E-state index contributed by atoms with van der Waals surface area (Å²) < 4.78 is 16.6. The van der Waals surface area contributed by atoms with Crippen LogP contribution < -0.4 is 0 Å². The van der Waals surface area contributed by atoms with Crippen LogP contribution in [0.5, 0.6) is 0 Å². The summed E-state index contributed by atoms with van der Waals surface area (Å²) in [4.78, 5) is 4.07. The van der Waals surface area contributed by atoms with Gasteiger partial charge in [0.1, 0.15) is 17.8 Å². The van der Waals surface area contributed by atoms with Crippen molar-refractivity contribution in [2.75, 3.05) is 0 Å². The smallest absolute Gasteiger partial charge is 0.177 e. The van der Waals surface area contributed by atoms with Gasteiger partial charge in [-0.25, -0.2) is 9.07 Å². The zero-order valence-electron chi connectivity index (χ0n) is 13.9. The van der Waals surface area contributed by atoms with Crippen molar-refractivity contribution in [3.8, 4) is 28.2 Å². The van der Waals surface area contributed by atoms with E-state index in [0.717, 1.165) is 22.4 Å². The Balaban J connectivity index is 1.70. The molecule has 5 rings (SSSR count). The van der Waals surface area contributed by atoms with Gasteiger partial charge in [0.25, 0.3) is 0 Å². The quantitative estimate of drug-likeness (QED) is 0.496. The molecule has 1 aromatic carbocycles. The Morgan fingerprint density at radius 1 is 0.815 bits per heavy atom. The Labute approximate surface area is 152 Å². The Bertz CT molecular complexity index is 1230. The third-order valence-electron chi connectivity index (χ3n) is 4.21. The maximum absolute atomic E-state index is 13.4. The summed E-state index contributed by atoms with van der Waals surface area (Å²) in [5.41, 5.74) is 4.05. The average molecular weight is 357 g/mol. The minimum Gasteiger partial charge on any atom is -0.265 e. The van der Waals surface area contributed by atoms with E-state index in [-0.39, 0.29) is 5.82 Å². The van der Waals surface area contributed by atoms with Gasteiger partial charge in [0, 0.05) is 29.7 Å². The molecule has 0 saturated carbocycles. The summed E-state index contributed by atoms with van der Waals surface area (Å²) in [6.45, 7) is 0. The molecular formula is C19H12FN7. The lowest BCUT2D eigenvalue weighted by atomic mass is 10.0. The first-order chi connectivity index (χ1) is 13.3. The molecule has 0 fully saturated rings. The summed E-state index contributed by atoms with van der Waals surface area (Å²) in [6, 6.07) is 13.7. The molecule has 130 valence electrons. The zero-order valence-corrected chi connectivity index (χ0v) is 13.9. The Kier molecular flexibility index (Phi) is 3.46. The number of pyridine rings is 1. The predicted octanol–water partition coefficient (Wildman–Crippen LogP) is 3.18. The lowest BCUT2D eigenvalue weighted by Crippen LogP contribution is -2.02. The van der Waals surface area contributed by atoms with E-state index >= 15 is 0 Å². The average Bonchev–Trinajstić information content (AvgIpc) is 3.36. The fourth-order valence-electron chi connectivity index (χ4n) is 2.90. The van der Waals surface area contributed by atoms with Crippen molar-refractivity contribution in [2.24, 2.45) is 0 Å². The number of rotatable bonds is 3. The van der Waals surface area contributed by atoms with Crippen LogP contribution in [0, 0.1) is 5.82 Å². The third kappa shape index (κ3) is 2.73. The van der Waals surface area contributed by atoms with Crippen molar-refractivity contribution in [3.63, 3.8) is 0 Å². The maximum atomic E-state index is 13.4. The van der Waals surface area contributed by atoms with Crippen LogP contribution in [-0.4, -0.2) is 34.6 Å². The van der Waals surface area contributed by atoms with Gasteiger partial charge in [0.05, 0.1) is 0 Å². The van der Waals surface area contributed by atoms with Gasteiger partial charge in [-0.3, -0.25) is 4.98 Å². The molecule has 0 spiro atoms. The summed E-state index contributed by atoms with van der Waals surface area (Å²) in [5, 5.41) is 17.0. The number of hydrogen-bond donors (Lipinski definition) is 0. The van der Waals surface area contributed by atoms with Crippen LogP contribution in [0.3, 0.4) is 0 Å². The maximum Gasteiger partial charge on any atom is 0.177 e. The van der Waals surface area contributed by atoms with E-state index in [1.165, 1.54) is 18.5 Å². The monoisotopic (exact) mass is 357 g/mol. The fourth-order valence-corrected chi connectivity index (χ4v) is 2.90. The molecule has 8 heteroatoms. The molecule has 0 N–H and O–H groups in total.